The molecule has 6 nitrogen and oxygen atoms in total. The van der Waals surface area contributed by atoms with Crippen molar-refractivity contribution >= 4 is 17.9 Å². The Labute approximate surface area is 372 Å². The highest BCUT2D eigenvalue weighted by atomic mass is 16.6. The topological polar surface area (TPSA) is 78.9 Å². The van der Waals surface area contributed by atoms with Crippen molar-refractivity contribution in [3.8, 4) is 0 Å². The van der Waals surface area contributed by atoms with Gasteiger partial charge in [0.05, 0.1) is 0 Å². The first-order chi connectivity index (χ1) is 30.0. The molecule has 0 N–H and O–H groups in total. The quantitative estimate of drug-likeness (QED) is 0.0265. The molecule has 6 heteroatoms. The molecule has 0 saturated carbocycles. The fourth-order valence-corrected chi connectivity index (χ4v) is 5.60. The van der Waals surface area contributed by atoms with Crippen molar-refractivity contribution in [3.63, 3.8) is 0 Å². The maximum absolute atomic E-state index is 12.8. The second-order valence-corrected chi connectivity index (χ2v) is 14.8. The lowest BCUT2D eigenvalue weighted by Gasteiger charge is -2.18. The molecule has 0 radical (unpaired) electrons. The van der Waals surface area contributed by atoms with Gasteiger partial charge in [-0.05, 0) is 77.0 Å². The van der Waals surface area contributed by atoms with Gasteiger partial charge in [-0.15, -0.1) is 0 Å². The van der Waals surface area contributed by atoms with Crippen molar-refractivity contribution < 1.29 is 28.6 Å². The van der Waals surface area contributed by atoms with E-state index in [1.165, 1.54) is 32.1 Å². The molecule has 1 unspecified atom stereocenters. The van der Waals surface area contributed by atoms with Crippen LogP contribution in [-0.2, 0) is 28.6 Å². The molecule has 0 saturated heterocycles. The lowest BCUT2D eigenvalue weighted by molar-refractivity contribution is -0.167. The third kappa shape index (κ3) is 46.2. The van der Waals surface area contributed by atoms with E-state index in [0.29, 0.717) is 12.8 Å². The van der Waals surface area contributed by atoms with Crippen LogP contribution in [0, 0.1) is 0 Å². The highest BCUT2D eigenvalue weighted by Crippen LogP contribution is 2.12. The van der Waals surface area contributed by atoms with E-state index in [1.807, 2.05) is 103 Å². The third-order valence-electron chi connectivity index (χ3n) is 9.09. The van der Waals surface area contributed by atoms with Crippen LogP contribution in [0.1, 0.15) is 162 Å². The smallest absolute Gasteiger partial charge is 0.306 e. The standard InChI is InChI=1S/C55H82O6/c1-4-7-10-13-16-19-22-25-27-30-33-36-39-42-45-48-54(57)60-51-52(50-59-53(56)47-44-41-38-35-32-29-24-21-18-15-12-9-6-3)61-55(58)49-46-43-40-37-34-31-28-26-23-20-17-14-11-8-5-2/h7,9-10,12-13,15-27,29-30,32-33,35,38,52H,4-6,8,11,14,28,31,34,36-37,39-51H2,1-3H3/b10-7-,12-9-,16-13-,18-15-,20-17-,22-19-,24-21-,26-23-,27-25-,32-29-,33-30-,38-35-. The minimum absolute atomic E-state index is 0.134. The molecule has 0 aliphatic carbocycles. The molecule has 0 spiro atoms. The number of hydrogen-bond acceptors (Lipinski definition) is 6. The van der Waals surface area contributed by atoms with Gasteiger partial charge in [-0.1, -0.05) is 212 Å². The van der Waals surface area contributed by atoms with Crippen LogP contribution in [0.3, 0.4) is 0 Å². The van der Waals surface area contributed by atoms with E-state index in [0.717, 1.165) is 77.0 Å². The first kappa shape index (κ1) is 56.3. The summed E-state index contributed by atoms with van der Waals surface area (Å²) in [6.07, 6.45) is 68.3. The van der Waals surface area contributed by atoms with Crippen LogP contribution in [-0.4, -0.2) is 37.2 Å². The normalized spacial score (nSPS) is 13.4. The molecule has 0 fully saturated rings. The van der Waals surface area contributed by atoms with E-state index in [4.69, 9.17) is 14.2 Å². The maximum Gasteiger partial charge on any atom is 0.306 e. The molecule has 0 aromatic rings. The zero-order valence-corrected chi connectivity index (χ0v) is 38.4. The maximum atomic E-state index is 12.8. The third-order valence-corrected chi connectivity index (χ3v) is 9.09. The molecular formula is C55H82O6. The number of esters is 3. The van der Waals surface area contributed by atoms with Crippen LogP contribution < -0.4 is 0 Å². The van der Waals surface area contributed by atoms with E-state index < -0.39 is 6.10 Å². The lowest BCUT2D eigenvalue weighted by atomic mass is 10.1. The number of ether oxygens (including phenoxy) is 3. The average molecular weight is 839 g/mol. The van der Waals surface area contributed by atoms with Crippen LogP contribution >= 0.6 is 0 Å². The highest BCUT2D eigenvalue weighted by molar-refractivity contribution is 5.71. The number of carbonyl (C=O) groups excluding carboxylic acids is 3. The largest absolute Gasteiger partial charge is 0.462 e. The van der Waals surface area contributed by atoms with E-state index in [2.05, 4.69) is 63.3 Å². The monoisotopic (exact) mass is 839 g/mol. The molecular weight excluding hydrogens is 757 g/mol. The number of unbranched alkanes of at least 4 members (excludes halogenated alkanes) is 13. The van der Waals surface area contributed by atoms with Gasteiger partial charge in [-0.2, -0.15) is 0 Å². The molecule has 1 atom stereocenters. The Bertz CT molecular complexity index is 1430. The molecule has 0 aromatic carbocycles. The molecule has 0 aliphatic heterocycles. The second kappa shape index (κ2) is 48.0. The summed E-state index contributed by atoms with van der Waals surface area (Å²) in [4.78, 5) is 37.8. The van der Waals surface area contributed by atoms with Crippen LogP contribution in [0.2, 0.25) is 0 Å². The molecule has 0 rings (SSSR count). The van der Waals surface area contributed by atoms with Crippen molar-refractivity contribution in [2.75, 3.05) is 13.2 Å². The van der Waals surface area contributed by atoms with Crippen molar-refractivity contribution in [1.82, 2.24) is 0 Å². The zero-order chi connectivity index (χ0) is 44.4. The molecule has 0 amide bonds. The molecule has 0 aromatic heterocycles. The predicted octanol–water partition coefficient (Wildman–Crippen LogP) is 15.3. The fraction of sp³-hybridized carbons (Fsp3) is 0.509. The van der Waals surface area contributed by atoms with E-state index in [9.17, 15) is 14.4 Å². The van der Waals surface area contributed by atoms with Gasteiger partial charge < -0.3 is 14.2 Å². The first-order valence-electron chi connectivity index (χ1n) is 23.5. The molecule has 338 valence electrons. The summed E-state index contributed by atoms with van der Waals surface area (Å²) in [5.41, 5.74) is 0. The second-order valence-electron chi connectivity index (χ2n) is 14.8. The Balaban J connectivity index is 4.64. The zero-order valence-electron chi connectivity index (χ0n) is 38.4. The Morgan fingerprint density at radius 2 is 0.656 bits per heavy atom. The average Bonchev–Trinajstić information content (AvgIpc) is 3.26. The SMILES string of the molecule is CC\C=C/C=C\C=C/C=C\C=C/CCCCCC(=O)OCC(COC(=O)CCC\C=C/C=C\C=C/C=C\C=C/CC)OC(=O)CCCCCCCC/C=C\C=C/CCCCC. The highest BCUT2D eigenvalue weighted by Gasteiger charge is 2.19. The van der Waals surface area contributed by atoms with Gasteiger partial charge in [-0.3, -0.25) is 14.4 Å². The fourth-order valence-electron chi connectivity index (χ4n) is 5.60. The minimum atomic E-state index is -0.836. The van der Waals surface area contributed by atoms with Crippen molar-refractivity contribution in [3.05, 3.63) is 146 Å². The van der Waals surface area contributed by atoms with Gasteiger partial charge in [0.25, 0.3) is 0 Å². The van der Waals surface area contributed by atoms with Gasteiger partial charge in [0.15, 0.2) is 6.10 Å². The number of allylic oxidation sites excluding steroid dienone is 24. The van der Waals surface area contributed by atoms with Crippen LogP contribution in [0.15, 0.2) is 146 Å². The predicted molar refractivity (Wildman–Crippen MR) is 260 cm³/mol. The molecule has 0 bridgehead atoms. The van der Waals surface area contributed by atoms with Gasteiger partial charge >= 0.3 is 17.9 Å². The Morgan fingerprint density at radius 1 is 0.344 bits per heavy atom. The Morgan fingerprint density at radius 3 is 1.10 bits per heavy atom. The van der Waals surface area contributed by atoms with Crippen molar-refractivity contribution in [2.45, 2.75) is 168 Å². The van der Waals surface area contributed by atoms with Gasteiger partial charge in [0.2, 0.25) is 0 Å². The van der Waals surface area contributed by atoms with Crippen molar-refractivity contribution in [2.24, 2.45) is 0 Å². The Hall–Kier alpha value is -4.71. The Kier molecular flexibility index (Phi) is 44.3. The summed E-state index contributed by atoms with van der Waals surface area (Å²) in [6.45, 7) is 6.17. The summed E-state index contributed by atoms with van der Waals surface area (Å²) in [5, 5.41) is 0. The number of rotatable bonds is 39. The summed E-state index contributed by atoms with van der Waals surface area (Å²) in [5.74, 6) is -1.08. The number of carbonyl (C=O) groups is 3. The lowest BCUT2D eigenvalue weighted by Crippen LogP contribution is -2.30. The minimum Gasteiger partial charge on any atom is -0.462 e. The summed E-state index contributed by atoms with van der Waals surface area (Å²) in [7, 11) is 0. The van der Waals surface area contributed by atoms with Gasteiger partial charge in [0.1, 0.15) is 13.2 Å². The summed E-state index contributed by atoms with van der Waals surface area (Å²) < 4.78 is 16.6. The van der Waals surface area contributed by atoms with E-state index in [1.54, 1.807) is 0 Å². The van der Waals surface area contributed by atoms with Crippen molar-refractivity contribution in [1.29, 1.82) is 0 Å². The summed E-state index contributed by atoms with van der Waals surface area (Å²) in [6, 6.07) is 0. The van der Waals surface area contributed by atoms with Crippen LogP contribution in [0.25, 0.3) is 0 Å². The van der Waals surface area contributed by atoms with Gasteiger partial charge in [0, 0.05) is 19.3 Å². The van der Waals surface area contributed by atoms with E-state index >= 15 is 0 Å². The summed E-state index contributed by atoms with van der Waals surface area (Å²) >= 11 is 0. The molecule has 0 aliphatic rings. The first-order valence-corrected chi connectivity index (χ1v) is 23.5. The van der Waals surface area contributed by atoms with Crippen LogP contribution in [0.5, 0.6) is 0 Å². The molecule has 61 heavy (non-hydrogen) atoms. The van der Waals surface area contributed by atoms with Gasteiger partial charge in [-0.25, -0.2) is 0 Å². The number of hydrogen-bond donors (Lipinski definition) is 0. The molecule has 0 heterocycles. The van der Waals surface area contributed by atoms with E-state index in [-0.39, 0.29) is 50.4 Å². The van der Waals surface area contributed by atoms with Crippen LogP contribution in [0.4, 0.5) is 0 Å².